The first-order valence-electron chi connectivity index (χ1n) is 11.0. The monoisotopic (exact) mass is 521 g/mol. The molecule has 0 unspecified atom stereocenters. The molecule has 0 radical (unpaired) electrons. The molecule has 0 amide bonds. The lowest BCUT2D eigenvalue weighted by Gasteiger charge is -2.29. The Kier molecular flexibility index (Phi) is 7.58. The number of fused-ring (bicyclic) bond motifs is 1. The van der Waals surface area contributed by atoms with Gasteiger partial charge in [0.15, 0.2) is 5.75 Å². The number of sulfonamides is 1. The second kappa shape index (κ2) is 10.4. The van der Waals surface area contributed by atoms with Gasteiger partial charge in [-0.2, -0.15) is 5.26 Å². The highest BCUT2D eigenvalue weighted by molar-refractivity contribution is 7.88. The van der Waals surface area contributed by atoms with E-state index < -0.39 is 10.0 Å². The third-order valence-electron chi connectivity index (χ3n) is 5.77. The summed E-state index contributed by atoms with van der Waals surface area (Å²) in [6, 6.07) is 13.5. The molecule has 0 saturated heterocycles. The van der Waals surface area contributed by atoms with Crippen LogP contribution in [0.3, 0.4) is 0 Å². The van der Waals surface area contributed by atoms with Crippen LogP contribution in [0.15, 0.2) is 42.6 Å². The number of hydrogen-bond donors (Lipinski definition) is 1. The zero-order valence-corrected chi connectivity index (χ0v) is 21.0. The van der Waals surface area contributed by atoms with Crippen LogP contribution in [0.25, 0.3) is 16.6 Å². The van der Waals surface area contributed by atoms with Gasteiger partial charge in [-0.15, -0.1) is 11.6 Å². The van der Waals surface area contributed by atoms with Crippen LogP contribution in [0, 0.1) is 11.3 Å². The van der Waals surface area contributed by atoms with Gasteiger partial charge in [0.1, 0.15) is 18.4 Å². The average Bonchev–Trinajstić information content (AvgIpc) is 3.21. The van der Waals surface area contributed by atoms with Gasteiger partial charge in [0.25, 0.3) is 0 Å². The van der Waals surface area contributed by atoms with Crippen LogP contribution in [0.5, 0.6) is 11.5 Å². The van der Waals surface area contributed by atoms with Gasteiger partial charge >= 0.3 is 0 Å². The number of halogens is 2. The molecule has 0 atom stereocenters. The molecule has 2 aromatic carbocycles. The van der Waals surface area contributed by atoms with Crippen LogP contribution in [-0.4, -0.2) is 43.9 Å². The summed E-state index contributed by atoms with van der Waals surface area (Å²) in [7, 11) is -3.19. The maximum atomic E-state index is 11.4. The van der Waals surface area contributed by atoms with Crippen molar-refractivity contribution in [3.63, 3.8) is 0 Å². The van der Waals surface area contributed by atoms with E-state index in [0.717, 1.165) is 48.0 Å². The second-order valence-electron chi connectivity index (χ2n) is 8.34. The molecule has 1 aliphatic carbocycles. The van der Waals surface area contributed by atoms with E-state index in [1.807, 2.05) is 35.0 Å². The van der Waals surface area contributed by atoms with Gasteiger partial charge in [-0.3, -0.25) is 0 Å². The molecular formula is C24H25Cl2N3O4S. The Morgan fingerprint density at radius 1 is 1.18 bits per heavy atom. The molecule has 3 aromatic rings. The fourth-order valence-electron chi connectivity index (χ4n) is 4.30. The summed E-state index contributed by atoms with van der Waals surface area (Å²) < 4.78 is 39.2. The maximum Gasteiger partial charge on any atom is 0.208 e. The quantitative estimate of drug-likeness (QED) is 0.420. The lowest BCUT2D eigenvalue weighted by molar-refractivity contribution is 0.144. The molecule has 1 heterocycles. The first-order valence-corrected chi connectivity index (χ1v) is 13.8. The normalized spacial score (nSPS) is 18.5. The molecule has 1 saturated carbocycles. The third-order valence-corrected chi connectivity index (χ3v) is 6.97. The number of aromatic nitrogens is 1. The summed E-state index contributed by atoms with van der Waals surface area (Å²) >= 11 is 12.1. The van der Waals surface area contributed by atoms with Gasteiger partial charge in [-0.1, -0.05) is 11.6 Å². The number of nitrogens with zero attached hydrogens (tertiary/aromatic N) is 2. The lowest BCUT2D eigenvalue weighted by atomic mass is 9.93. The minimum Gasteiger partial charge on any atom is -0.490 e. The van der Waals surface area contributed by atoms with E-state index in [0.29, 0.717) is 22.2 Å². The molecule has 34 heavy (non-hydrogen) atoms. The fraction of sp³-hybridized carbons (Fsp3) is 0.375. The van der Waals surface area contributed by atoms with Crippen LogP contribution < -0.4 is 14.2 Å². The minimum atomic E-state index is -3.19. The molecule has 180 valence electrons. The zero-order valence-electron chi connectivity index (χ0n) is 18.6. The van der Waals surface area contributed by atoms with Crippen LogP contribution >= 0.6 is 23.2 Å². The number of alkyl halides is 1. The van der Waals surface area contributed by atoms with E-state index >= 15 is 0 Å². The van der Waals surface area contributed by atoms with Crippen LogP contribution in [0.2, 0.25) is 5.02 Å². The van der Waals surface area contributed by atoms with Crippen molar-refractivity contribution in [2.75, 3.05) is 18.7 Å². The van der Waals surface area contributed by atoms with Crippen molar-refractivity contribution < 1.29 is 17.9 Å². The Morgan fingerprint density at radius 3 is 2.62 bits per heavy atom. The largest absolute Gasteiger partial charge is 0.490 e. The first-order chi connectivity index (χ1) is 16.3. The molecule has 0 aliphatic heterocycles. The Hall–Kier alpha value is -2.44. The van der Waals surface area contributed by atoms with Crippen LogP contribution in [0.4, 0.5) is 0 Å². The molecule has 10 heteroatoms. The third kappa shape index (κ3) is 5.78. The Morgan fingerprint density at radius 2 is 1.94 bits per heavy atom. The highest BCUT2D eigenvalue weighted by atomic mass is 35.5. The first kappa shape index (κ1) is 24.7. The molecular weight excluding hydrogens is 497 g/mol. The molecule has 4 rings (SSSR count). The standard InChI is InChI=1S/C24H25Cl2N3O4S/c1-34(30,31)28-18-2-4-20(5-3-18)33-21-6-7-23-16(13-21)8-10-29(23)19-12-17(15-27)24(22(26)14-19)32-11-9-25/h6-8,10,12-14,18,20,28H,2-5,9,11H2,1H3. The lowest BCUT2D eigenvalue weighted by Crippen LogP contribution is -2.39. The summed E-state index contributed by atoms with van der Waals surface area (Å²) in [5, 5.41) is 10.9. The van der Waals surface area contributed by atoms with E-state index in [4.69, 9.17) is 32.7 Å². The number of benzene rings is 2. The van der Waals surface area contributed by atoms with Crippen molar-refractivity contribution in [2.45, 2.75) is 37.8 Å². The topological polar surface area (TPSA) is 93.3 Å². The van der Waals surface area contributed by atoms with Crippen molar-refractivity contribution in [3.8, 4) is 23.3 Å². The number of nitrogens with one attached hydrogen (secondary N) is 1. The van der Waals surface area contributed by atoms with Gasteiger partial charge in [-0.25, -0.2) is 13.1 Å². The Labute approximate surface area is 209 Å². The zero-order chi connectivity index (χ0) is 24.3. The van der Waals surface area contributed by atoms with Crippen molar-refractivity contribution in [1.82, 2.24) is 9.29 Å². The van der Waals surface area contributed by atoms with Gasteiger partial charge in [-0.05, 0) is 62.1 Å². The highest BCUT2D eigenvalue weighted by Gasteiger charge is 2.24. The van der Waals surface area contributed by atoms with Crippen LogP contribution in [0.1, 0.15) is 31.2 Å². The predicted octanol–water partition coefficient (Wildman–Crippen LogP) is 5.01. The SMILES string of the molecule is CS(=O)(=O)NC1CCC(Oc2ccc3c(ccn3-c3cc(Cl)c(OCCCl)c(C#N)c3)c2)CC1. The summed E-state index contributed by atoms with van der Waals surface area (Å²) in [6.07, 6.45) is 6.25. The summed E-state index contributed by atoms with van der Waals surface area (Å²) in [4.78, 5) is 0. The van der Waals surface area contributed by atoms with Gasteiger partial charge < -0.3 is 14.0 Å². The number of ether oxygens (including phenoxy) is 2. The minimum absolute atomic E-state index is 0.0248. The number of nitriles is 1. The summed E-state index contributed by atoms with van der Waals surface area (Å²) in [6.45, 7) is 0.264. The molecule has 1 fully saturated rings. The number of rotatable bonds is 8. The smallest absolute Gasteiger partial charge is 0.208 e. The summed E-state index contributed by atoms with van der Waals surface area (Å²) in [5.74, 6) is 1.40. The molecule has 1 N–H and O–H groups in total. The van der Waals surface area contributed by atoms with Crippen molar-refractivity contribution >= 4 is 44.1 Å². The van der Waals surface area contributed by atoms with Crippen molar-refractivity contribution in [2.24, 2.45) is 0 Å². The molecule has 1 aliphatic rings. The van der Waals surface area contributed by atoms with Crippen molar-refractivity contribution in [1.29, 1.82) is 5.26 Å². The summed E-state index contributed by atoms with van der Waals surface area (Å²) in [5.41, 5.74) is 2.04. The van der Waals surface area contributed by atoms with Gasteiger partial charge in [0, 0.05) is 23.3 Å². The maximum absolute atomic E-state index is 11.4. The number of hydrogen-bond acceptors (Lipinski definition) is 5. The molecule has 0 bridgehead atoms. The molecule has 7 nitrogen and oxygen atoms in total. The van der Waals surface area contributed by atoms with E-state index in [1.54, 1.807) is 12.1 Å². The Bertz CT molecular complexity index is 1330. The van der Waals surface area contributed by atoms with Crippen LogP contribution in [-0.2, 0) is 10.0 Å². The van der Waals surface area contributed by atoms with Crippen molar-refractivity contribution in [3.05, 3.63) is 53.2 Å². The van der Waals surface area contributed by atoms with E-state index in [9.17, 15) is 13.7 Å². The van der Waals surface area contributed by atoms with E-state index in [-0.39, 0.29) is 18.8 Å². The predicted molar refractivity (Wildman–Crippen MR) is 134 cm³/mol. The highest BCUT2D eigenvalue weighted by Crippen LogP contribution is 2.34. The van der Waals surface area contributed by atoms with Gasteiger partial charge in [0.2, 0.25) is 10.0 Å². The second-order valence-corrected chi connectivity index (χ2v) is 10.9. The van der Waals surface area contributed by atoms with E-state index in [2.05, 4.69) is 10.8 Å². The van der Waals surface area contributed by atoms with E-state index in [1.165, 1.54) is 6.26 Å². The fourth-order valence-corrected chi connectivity index (χ4v) is 5.49. The van der Waals surface area contributed by atoms with Gasteiger partial charge in [0.05, 0.1) is 34.3 Å². The molecule has 1 aromatic heterocycles. The Balaban J connectivity index is 1.50. The average molecular weight is 522 g/mol. The molecule has 0 spiro atoms.